The summed E-state index contributed by atoms with van der Waals surface area (Å²) < 4.78 is 5.60. The van der Waals surface area contributed by atoms with Crippen LogP contribution >= 0.6 is 12.4 Å². The van der Waals surface area contributed by atoms with Crippen molar-refractivity contribution in [2.45, 2.75) is 84.1 Å². The lowest BCUT2D eigenvalue weighted by Gasteiger charge is -2.41. The van der Waals surface area contributed by atoms with Crippen LogP contribution in [-0.2, 0) is 16.1 Å². The zero-order valence-electron chi connectivity index (χ0n) is 21.0. The first-order valence-electron chi connectivity index (χ1n) is 12.4. The molecule has 1 unspecified atom stereocenters. The fourth-order valence-electron chi connectivity index (χ4n) is 4.90. The number of amides is 1. The highest BCUT2D eigenvalue weighted by Gasteiger charge is 2.45. The van der Waals surface area contributed by atoms with Gasteiger partial charge in [-0.3, -0.25) is 9.59 Å². The number of aliphatic carboxylic acids is 1. The zero-order chi connectivity index (χ0) is 24.3. The van der Waals surface area contributed by atoms with Crippen LogP contribution in [0.2, 0.25) is 0 Å². The third-order valence-corrected chi connectivity index (χ3v) is 6.76. The predicted octanol–water partition coefficient (Wildman–Crippen LogP) is 5.58. The van der Waals surface area contributed by atoms with Crippen LogP contribution in [0.15, 0.2) is 30.4 Å². The summed E-state index contributed by atoms with van der Waals surface area (Å²) in [4.78, 5) is 24.6. The molecule has 7 heteroatoms. The number of hydrogen-bond donors (Lipinski definition) is 3. The molecule has 0 radical (unpaired) electrons. The van der Waals surface area contributed by atoms with E-state index in [2.05, 4.69) is 31.3 Å². The molecule has 1 aliphatic rings. The number of carboxylic acids is 1. The van der Waals surface area contributed by atoms with Gasteiger partial charge in [-0.25, -0.2) is 0 Å². The van der Waals surface area contributed by atoms with Crippen LogP contribution in [0.1, 0.15) is 88.7 Å². The van der Waals surface area contributed by atoms with Gasteiger partial charge in [-0.2, -0.15) is 0 Å². The molecular weight excluding hydrogens is 452 g/mol. The second kappa shape index (κ2) is 15.0. The van der Waals surface area contributed by atoms with Gasteiger partial charge in [0.1, 0.15) is 5.75 Å². The average Bonchev–Trinajstić information content (AvgIpc) is 2.80. The largest absolute Gasteiger partial charge is 0.496 e. The second-order valence-electron chi connectivity index (χ2n) is 9.67. The van der Waals surface area contributed by atoms with Gasteiger partial charge in [-0.15, -0.1) is 12.4 Å². The van der Waals surface area contributed by atoms with Crippen LogP contribution in [0.3, 0.4) is 0 Å². The molecule has 192 valence electrons. The fourth-order valence-corrected chi connectivity index (χ4v) is 4.90. The van der Waals surface area contributed by atoms with Crippen molar-refractivity contribution in [2.24, 2.45) is 17.1 Å². The number of carbonyl (C=O) groups is 2. The molecule has 6 nitrogen and oxygen atoms in total. The summed E-state index contributed by atoms with van der Waals surface area (Å²) in [6.45, 7) is 5.04. The molecule has 1 aromatic carbocycles. The standard InChI is InChI=1S/C27H42N2O4.ClH/c1-20(2)11-7-4-5-8-12-24(30)29-18-21-13-14-22(23(17-21)33-3)25(26(31)32)27(19-28)15-9-6-10-16-27;/h7,11,13-14,17,20,25H,4-6,8-10,12,15-16,18-19,28H2,1-3H3,(H,29,30)(H,31,32);1H/b11-7+;. The van der Waals surface area contributed by atoms with Gasteiger partial charge in [0.2, 0.25) is 5.91 Å². The first kappa shape index (κ1) is 30.0. The van der Waals surface area contributed by atoms with Crippen molar-refractivity contribution < 1.29 is 19.4 Å². The lowest BCUT2D eigenvalue weighted by atomic mass is 9.63. The molecule has 1 fully saturated rings. The number of hydrogen-bond acceptors (Lipinski definition) is 4. The van der Waals surface area contributed by atoms with Crippen LogP contribution in [0.4, 0.5) is 0 Å². The van der Waals surface area contributed by atoms with Crippen LogP contribution < -0.4 is 15.8 Å². The van der Waals surface area contributed by atoms with E-state index in [1.54, 1.807) is 7.11 Å². The minimum atomic E-state index is -0.857. The smallest absolute Gasteiger partial charge is 0.311 e. The third-order valence-electron chi connectivity index (χ3n) is 6.76. The van der Waals surface area contributed by atoms with Crippen molar-refractivity contribution in [3.05, 3.63) is 41.5 Å². The quantitative estimate of drug-likeness (QED) is 0.245. The summed E-state index contributed by atoms with van der Waals surface area (Å²) in [5.74, 6) is -0.426. The van der Waals surface area contributed by atoms with E-state index in [0.29, 0.717) is 36.7 Å². The average molecular weight is 495 g/mol. The molecule has 0 bridgehead atoms. The number of halogens is 1. The van der Waals surface area contributed by atoms with Gasteiger partial charge >= 0.3 is 5.97 Å². The molecule has 0 saturated heterocycles. The van der Waals surface area contributed by atoms with Crippen LogP contribution in [0, 0.1) is 11.3 Å². The van der Waals surface area contributed by atoms with Crippen molar-refractivity contribution in [1.29, 1.82) is 0 Å². The monoisotopic (exact) mass is 494 g/mol. The molecule has 0 aliphatic heterocycles. The summed E-state index contributed by atoms with van der Waals surface area (Å²) >= 11 is 0. The second-order valence-corrected chi connectivity index (χ2v) is 9.67. The molecule has 1 atom stereocenters. The van der Waals surface area contributed by atoms with Gasteiger partial charge in [0.15, 0.2) is 0 Å². The Balaban J connectivity index is 0.00000578. The van der Waals surface area contributed by atoms with Crippen LogP contribution in [0.5, 0.6) is 5.75 Å². The molecule has 0 heterocycles. The van der Waals surface area contributed by atoms with Gasteiger partial charge < -0.3 is 20.9 Å². The maximum atomic E-state index is 12.4. The number of carbonyl (C=O) groups excluding carboxylic acids is 1. The maximum absolute atomic E-state index is 12.4. The number of unbranched alkanes of at least 4 members (excludes halogenated alkanes) is 2. The minimum absolute atomic E-state index is 0. The molecule has 34 heavy (non-hydrogen) atoms. The predicted molar refractivity (Wildman–Crippen MR) is 139 cm³/mol. The Kier molecular flexibility index (Phi) is 13.3. The van der Waals surface area contributed by atoms with E-state index in [4.69, 9.17) is 10.5 Å². The molecule has 1 aliphatic carbocycles. The Morgan fingerprint density at radius 1 is 1.21 bits per heavy atom. The normalized spacial score (nSPS) is 16.1. The molecule has 0 spiro atoms. The Hall–Kier alpha value is -2.05. The van der Waals surface area contributed by atoms with E-state index in [9.17, 15) is 14.7 Å². The molecule has 1 saturated carbocycles. The van der Waals surface area contributed by atoms with Crippen molar-refractivity contribution >= 4 is 24.3 Å². The van der Waals surface area contributed by atoms with Gasteiger partial charge in [-0.05, 0) is 56.2 Å². The third kappa shape index (κ3) is 8.62. The highest BCUT2D eigenvalue weighted by Crippen LogP contribution is 2.49. The lowest BCUT2D eigenvalue weighted by Crippen LogP contribution is -2.42. The lowest BCUT2D eigenvalue weighted by molar-refractivity contribution is -0.143. The number of methoxy groups -OCH3 is 1. The minimum Gasteiger partial charge on any atom is -0.496 e. The molecular formula is C27H43ClN2O4. The summed E-state index contributed by atoms with van der Waals surface area (Å²) in [7, 11) is 1.56. The van der Waals surface area contributed by atoms with E-state index >= 15 is 0 Å². The Labute approximate surface area is 211 Å². The zero-order valence-corrected chi connectivity index (χ0v) is 21.8. The first-order valence-corrected chi connectivity index (χ1v) is 12.4. The Morgan fingerprint density at radius 3 is 2.50 bits per heavy atom. The SMILES string of the molecule is COc1cc(CNC(=O)CCCC/C=C/C(C)C)ccc1C(C(=O)O)C1(CN)CCCCC1.Cl. The highest BCUT2D eigenvalue weighted by atomic mass is 35.5. The van der Waals surface area contributed by atoms with E-state index in [-0.39, 0.29) is 18.3 Å². The Morgan fingerprint density at radius 2 is 1.91 bits per heavy atom. The van der Waals surface area contributed by atoms with Crippen LogP contribution in [-0.4, -0.2) is 30.6 Å². The number of benzene rings is 1. The van der Waals surface area contributed by atoms with Crippen molar-refractivity contribution in [3.63, 3.8) is 0 Å². The summed E-state index contributed by atoms with van der Waals surface area (Å²) in [6, 6.07) is 5.57. The van der Waals surface area contributed by atoms with E-state index < -0.39 is 17.3 Å². The molecule has 1 aromatic rings. The molecule has 2 rings (SSSR count). The highest BCUT2D eigenvalue weighted by molar-refractivity contribution is 5.85. The first-order chi connectivity index (χ1) is 15.8. The number of carboxylic acid groups (broad SMARTS) is 1. The summed E-state index contributed by atoms with van der Waals surface area (Å²) in [5.41, 5.74) is 7.25. The van der Waals surface area contributed by atoms with Gasteiger partial charge in [-0.1, -0.05) is 57.4 Å². The topological polar surface area (TPSA) is 102 Å². The van der Waals surface area contributed by atoms with Crippen LogP contribution in [0.25, 0.3) is 0 Å². The van der Waals surface area contributed by atoms with E-state index in [0.717, 1.165) is 56.9 Å². The summed E-state index contributed by atoms with van der Waals surface area (Å²) in [6.07, 6.45) is 12.5. The van der Waals surface area contributed by atoms with Gasteiger partial charge in [0, 0.05) is 23.9 Å². The number of rotatable bonds is 13. The number of nitrogens with two attached hydrogens (primary N) is 1. The van der Waals surface area contributed by atoms with Crippen molar-refractivity contribution in [1.82, 2.24) is 5.32 Å². The van der Waals surface area contributed by atoms with Crippen molar-refractivity contribution in [3.8, 4) is 5.75 Å². The van der Waals surface area contributed by atoms with E-state index in [1.165, 1.54) is 0 Å². The number of ether oxygens (including phenoxy) is 1. The number of allylic oxidation sites excluding steroid dienone is 2. The summed E-state index contributed by atoms with van der Waals surface area (Å²) in [5, 5.41) is 13.1. The molecule has 0 aromatic heterocycles. The van der Waals surface area contributed by atoms with Gasteiger partial charge in [0.05, 0.1) is 13.0 Å². The maximum Gasteiger partial charge on any atom is 0.311 e. The molecule has 4 N–H and O–H groups in total. The fraction of sp³-hybridized carbons (Fsp3) is 0.630. The van der Waals surface area contributed by atoms with Crippen molar-refractivity contribution in [2.75, 3.05) is 13.7 Å². The molecule has 1 amide bonds. The van der Waals surface area contributed by atoms with Gasteiger partial charge in [0.25, 0.3) is 0 Å². The Bertz CT molecular complexity index is 804. The van der Waals surface area contributed by atoms with E-state index in [1.807, 2.05) is 18.2 Å². The number of nitrogens with one attached hydrogen (secondary N) is 1.